The molecule has 106 valence electrons. The zero-order valence-corrected chi connectivity index (χ0v) is 12.2. The van der Waals surface area contributed by atoms with Gasteiger partial charge in [0.1, 0.15) is 0 Å². The van der Waals surface area contributed by atoms with Gasteiger partial charge in [-0.1, -0.05) is 0 Å². The number of nitrogens with two attached hydrogens (primary N) is 1. The molecule has 1 amide bonds. The van der Waals surface area contributed by atoms with Crippen LogP contribution in [0.25, 0.3) is 10.2 Å². The Bertz CT molecular complexity index is 812. The molecule has 0 fully saturated rings. The van der Waals surface area contributed by atoms with E-state index in [9.17, 15) is 4.79 Å². The molecule has 21 heavy (non-hydrogen) atoms. The minimum atomic E-state index is -0.148. The van der Waals surface area contributed by atoms with Crippen molar-refractivity contribution in [1.82, 2.24) is 4.98 Å². The highest BCUT2D eigenvalue weighted by Crippen LogP contribution is 2.22. The van der Waals surface area contributed by atoms with Crippen molar-refractivity contribution in [2.45, 2.75) is 6.92 Å². The van der Waals surface area contributed by atoms with Gasteiger partial charge in [-0.25, -0.2) is 4.98 Å². The zero-order valence-electron chi connectivity index (χ0n) is 11.4. The van der Waals surface area contributed by atoms with Crippen LogP contribution < -0.4 is 16.6 Å². The highest BCUT2D eigenvalue weighted by Gasteiger charge is 2.08. The quantitative estimate of drug-likeness (QED) is 0.512. The van der Waals surface area contributed by atoms with Gasteiger partial charge in [-0.3, -0.25) is 10.6 Å². The van der Waals surface area contributed by atoms with Gasteiger partial charge in [0.15, 0.2) is 0 Å². The molecule has 3 aromatic rings. The number of thiazole rings is 1. The second-order valence-electron chi connectivity index (χ2n) is 4.66. The van der Waals surface area contributed by atoms with E-state index in [1.165, 1.54) is 0 Å². The number of aryl methyl sites for hydroxylation is 1. The van der Waals surface area contributed by atoms with Crippen LogP contribution in [-0.4, -0.2) is 10.9 Å². The third kappa shape index (κ3) is 2.72. The van der Waals surface area contributed by atoms with E-state index >= 15 is 0 Å². The summed E-state index contributed by atoms with van der Waals surface area (Å²) in [6.45, 7) is 1.90. The number of anilines is 2. The molecule has 6 heteroatoms. The highest BCUT2D eigenvalue weighted by atomic mass is 32.1. The number of carbonyl (C=O) groups is 1. The predicted octanol–water partition coefficient (Wildman–Crippen LogP) is 3.14. The summed E-state index contributed by atoms with van der Waals surface area (Å²) in [6, 6.07) is 11.0. The van der Waals surface area contributed by atoms with Crippen LogP contribution in [0.5, 0.6) is 0 Å². The fourth-order valence-corrected chi connectivity index (χ4v) is 2.82. The van der Waals surface area contributed by atoms with E-state index in [0.29, 0.717) is 5.56 Å². The number of hydrogen-bond donors (Lipinski definition) is 3. The van der Waals surface area contributed by atoms with Crippen LogP contribution >= 0.6 is 11.3 Å². The molecule has 0 atom stereocenters. The van der Waals surface area contributed by atoms with Crippen LogP contribution in [0, 0.1) is 6.92 Å². The predicted molar refractivity (Wildman–Crippen MR) is 86.6 cm³/mol. The second kappa shape index (κ2) is 5.51. The highest BCUT2D eigenvalue weighted by molar-refractivity contribution is 7.16. The van der Waals surface area contributed by atoms with Crippen molar-refractivity contribution in [3.63, 3.8) is 0 Å². The first-order chi connectivity index (χ1) is 10.2. The van der Waals surface area contributed by atoms with Gasteiger partial charge >= 0.3 is 0 Å². The summed E-state index contributed by atoms with van der Waals surface area (Å²) in [5, 5.41) is 2.89. The van der Waals surface area contributed by atoms with Gasteiger partial charge in [0, 0.05) is 11.3 Å². The van der Waals surface area contributed by atoms with Crippen molar-refractivity contribution >= 4 is 38.8 Å². The van der Waals surface area contributed by atoms with Crippen LogP contribution in [0.1, 0.15) is 15.9 Å². The first-order valence-electron chi connectivity index (χ1n) is 6.39. The summed E-state index contributed by atoms with van der Waals surface area (Å²) in [7, 11) is 0. The Morgan fingerprint density at radius 3 is 2.86 bits per heavy atom. The van der Waals surface area contributed by atoms with Crippen molar-refractivity contribution in [3.8, 4) is 0 Å². The summed E-state index contributed by atoms with van der Waals surface area (Å²) in [4.78, 5) is 16.5. The lowest BCUT2D eigenvalue weighted by Gasteiger charge is -2.09. The van der Waals surface area contributed by atoms with Crippen molar-refractivity contribution < 1.29 is 4.79 Å². The van der Waals surface area contributed by atoms with E-state index < -0.39 is 0 Å². The molecule has 0 aliphatic carbocycles. The number of hydrogen-bond acceptors (Lipinski definition) is 5. The molecular formula is C15H14N4OS. The van der Waals surface area contributed by atoms with Crippen LogP contribution in [0.15, 0.2) is 41.9 Å². The van der Waals surface area contributed by atoms with Gasteiger partial charge in [0.05, 0.1) is 21.4 Å². The molecule has 1 aromatic heterocycles. The van der Waals surface area contributed by atoms with Gasteiger partial charge in [-0.15, -0.1) is 11.3 Å². The number of rotatable bonds is 3. The largest absolute Gasteiger partial charge is 0.324 e. The lowest BCUT2D eigenvalue weighted by atomic mass is 10.1. The number of nitrogens with one attached hydrogen (secondary N) is 2. The average molecular weight is 298 g/mol. The topological polar surface area (TPSA) is 80.0 Å². The minimum absolute atomic E-state index is 0.148. The van der Waals surface area contributed by atoms with E-state index in [4.69, 9.17) is 5.84 Å². The summed E-state index contributed by atoms with van der Waals surface area (Å²) in [6.07, 6.45) is 0. The molecule has 1 heterocycles. The zero-order chi connectivity index (χ0) is 14.8. The van der Waals surface area contributed by atoms with Gasteiger partial charge < -0.3 is 10.7 Å². The van der Waals surface area contributed by atoms with E-state index in [1.54, 1.807) is 35.0 Å². The van der Waals surface area contributed by atoms with Gasteiger partial charge in [0.2, 0.25) is 0 Å². The molecule has 0 spiro atoms. The molecule has 4 N–H and O–H groups in total. The van der Waals surface area contributed by atoms with Gasteiger partial charge in [-0.05, 0) is 48.9 Å². The lowest BCUT2D eigenvalue weighted by molar-refractivity contribution is 0.102. The smallest absolute Gasteiger partial charge is 0.255 e. The standard InChI is InChI=1S/C15H14N4OS/c1-9-6-10(2-4-12(9)19-16)15(20)18-11-3-5-13-14(7-11)21-8-17-13/h2-8,19H,16H2,1H3,(H,18,20). The molecule has 0 radical (unpaired) electrons. The number of hydrazine groups is 1. The summed E-state index contributed by atoms with van der Waals surface area (Å²) < 4.78 is 1.05. The molecule has 0 saturated heterocycles. The number of fused-ring (bicyclic) bond motifs is 1. The average Bonchev–Trinajstić information content (AvgIpc) is 2.94. The van der Waals surface area contributed by atoms with Crippen molar-refractivity contribution in [2.75, 3.05) is 10.7 Å². The van der Waals surface area contributed by atoms with Crippen LogP contribution in [0.4, 0.5) is 11.4 Å². The third-order valence-corrected chi connectivity index (χ3v) is 4.02. The van der Waals surface area contributed by atoms with Crippen LogP contribution in [-0.2, 0) is 0 Å². The monoisotopic (exact) mass is 298 g/mol. The van der Waals surface area contributed by atoms with Gasteiger partial charge in [0.25, 0.3) is 5.91 Å². The third-order valence-electron chi connectivity index (χ3n) is 3.23. The van der Waals surface area contributed by atoms with E-state index in [2.05, 4.69) is 15.7 Å². The fraction of sp³-hybridized carbons (Fsp3) is 0.0667. The molecule has 5 nitrogen and oxygen atoms in total. The number of nitrogen functional groups attached to an aromatic ring is 1. The summed E-state index contributed by atoms with van der Waals surface area (Å²) >= 11 is 1.55. The maximum atomic E-state index is 12.3. The molecule has 0 aliphatic heterocycles. The Balaban J connectivity index is 1.83. The fourth-order valence-electron chi connectivity index (χ4n) is 2.10. The number of benzene rings is 2. The van der Waals surface area contributed by atoms with Crippen molar-refractivity contribution in [2.24, 2.45) is 5.84 Å². The number of aromatic nitrogens is 1. The first kappa shape index (κ1) is 13.5. The Morgan fingerprint density at radius 2 is 2.10 bits per heavy atom. The van der Waals surface area contributed by atoms with E-state index in [-0.39, 0.29) is 5.91 Å². The molecule has 3 rings (SSSR count). The van der Waals surface area contributed by atoms with Crippen LogP contribution in [0.3, 0.4) is 0 Å². The van der Waals surface area contributed by atoms with Crippen molar-refractivity contribution in [1.29, 1.82) is 0 Å². The Labute approximate surface area is 125 Å². The second-order valence-corrected chi connectivity index (χ2v) is 5.55. The lowest BCUT2D eigenvalue weighted by Crippen LogP contribution is -2.13. The Kier molecular flexibility index (Phi) is 3.55. The number of carbonyl (C=O) groups excluding carboxylic acids is 1. The van der Waals surface area contributed by atoms with E-state index in [0.717, 1.165) is 27.2 Å². The first-order valence-corrected chi connectivity index (χ1v) is 7.27. The molecule has 0 saturated carbocycles. The molecule has 0 unspecified atom stereocenters. The maximum Gasteiger partial charge on any atom is 0.255 e. The van der Waals surface area contributed by atoms with E-state index in [1.807, 2.05) is 25.1 Å². The number of amides is 1. The molecule has 0 aliphatic rings. The van der Waals surface area contributed by atoms with Crippen LogP contribution in [0.2, 0.25) is 0 Å². The summed E-state index contributed by atoms with van der Waals surface area (Å²) in [5.41, 5.74) is 8.39. The summed E-state index contributed by atoms with van der Waals surface area (Å²) in [5.74, 6) is 5.24. The molecule has 0 bridgehead atoms. The molecular weight excluding hydrogens is 284 g/mol. The normalized spacial score (nSPS) is 10.6. The SMILES string of the molecule is Cc1cc(C(=O)Nc2ccc3ncsc3c2)ccc1NN. The Morgan fingerprint density at radius 1 is 1.24 bits per heavy atom. The minimum Gasteiger partial charge on any atom is -0.324 e. The Hall–Kier alpha value is -2.44. The number of nitrogens with zero attached hydrogens (tertiary/aromatic N) is 1. The molecule has 2 aromatic carbocycles. The van der Waals surface area contributed by atoms with Gasteiger partial charge in [-0.2, -0.15) is 0 Å². The maximum absolute atomic E-state index is 12.3. The van der Waals surface area contributed by atoms with Crippen molar-refractivity contribution in [3.05, 3.63) is 53.0 Å².